The molecular weight excluding hydrogens is 306 g/mol. The van der Waals surface area contributed by atoms with Crippen LogP contribution in [0.3, 0.4) is 0 Å². The minimum atomic E-state index is -0.0475. The van der Waals surface area contributed by atoms with Crippen molar-refractivity contribution in [3.8, 4) is 0 Å². The van der Waals surface area contributed by atoms with Gasteiger partial charge in [-0.25, -0.2) is 4.98 Å². The van der Waals surface area contributed by atoms with E-state index in [1.54, 1.807) is 12.5 Å². The molecule has 1 aromatic carbocycles. The molecule has 1 atom stereocenters. The molecule has 1 amide bonds. The smallest absolute Gasteiger partial charge is 0.251 e. The molecule has 0 radical (unpaired) electrons. The Morgan fingerprint density at radius 3 is 2.74 bits per heavy atom. The summed E-state index contributed by atoms with van der Waals surface area (Å²) in [5.41, 5.74) is 1.84. The molecule has 1 unspecified atom stereocenters. The Bertz CT molecular complexity index is 522. The lowest BCUT2D eigenvalue weighted by Crippen LogP contribution is -2.35. The molecule has 0 saturated heterocycles. The van der Waals surface area contributed by atoms with E-state index >= 15 is 0 Å². The van der Waals surface area contributed by atoms with E-state index in [4.69, 9.17) is 0 Å². The predicted octanol–water partition coefficient (Wildman–Crippen LogP) is 2.60. The highest BCUT2D eigenvalue weighted by Gasteiger charge is 2.09. The van der Waals surface area contributed by atoms with Crippen LogP contribution in [0.15, 0.2) is 43.0 Å². The highest BCUT2D eigenvalue weighted by Crippen LogP contribution is 2.08. The Balaban J connectivity index is 1.92. The second-order valence-electron chi connectivity index (χ2n) is 4.46. The zero-order valence-electron chi connectivity index (χ0n) is 10.7. The minimum absolute atomic E-state index is 0.0475. The minimum Gasteiger partial charge on any atom is -0.348 e. The van der Waals surface area contributed by atoms with Gasteiger partial charge in [-0.3, -0.25) is 4.79 Å². The van der Waals surface area contributed by atoms with Crippen molar-refractivity contribution >= 4 is 21.8 Å². The summed E-state index contributed by atoms with van der Waals surface area (Å²) in [5, 5.41) is 3.77. The number of rotatable bonds is 5. The summed E-state index contributed by atoms with van der Waals surface area (Å²) < 4.78 is 1.94. The van der Waals surface area contributed by atoms with Crippen LogP contribution in [0.5, 0.6) is 0 Å². The van der Waals surface area contributed by atoms with Crippen LogP contribution in [0.2, 0.25) is 0 Å². The summed E-state index contributed by atoms with van der Waals surface area (Å²) in [6.45, 7) is 2.69. The standard InChI is InChI=1S/C14H16BrN3O/c1-11(9-18-7-6-16-10-18)17-14(19)13-4-2-12(8-15)3-5-13/h2-7,10-11H,8-9H2,1H3,(H,17,19). The molecule has 1 aromatic heterocycles. The Morgan fingerprint density at radius 1 is 1.42 bits per heavy atom. The maximum absolute atomic E-state index is 12.0. The molecule has 0 spiro atoms. The number of hydrogen-bond donors (Lipinski definition) is 1. The number of imidazole rings is 1. The van der Waals surface area contributed by atoms with Gasteiger partial charge in [0.25, 0.3) is 5.91 Å². The van der Waals surface area contributed by atoms with Crippen LogP contribution in [-0.2, 0) is 11.9 Å². The summed E-state index contributed by atoms with van der Waals surface area (Å²) in [6.07, 6.45) is 5.36. The van der Waals surface area contributed by atoms with E-state index in [1.165, 1.54) is 0 Å². The molecule has 2 aromatic rings. The molecule has 0 aliphatic carbocycles. The zero-order valence-corrected chi connectivity index (χ0v) is 12.3. The van der Waals surface area contributed by atoms with Gasteiger partial charge in [-0.1, -0.05) is 28.1 Å². The molecule has 19 heavy (non-hydrogen) atoms. The van der Waals surface area contributed by atoms with Crippen molar-refractivity contribution in [2.75, 3.05) is 0 Å². The highest BCUT2D eigenvalue weighted by atomic mass is 79.9. The van der Waals surface area contributed by atoms with Crippen LogP contribution in [0.25, 0.3) is 0 Å². The molecule has 1 N–H and O–H groups in total. The number of halogens is 1. The van der Waals surface area contributed by atoms with Crippen LogP contribution in [0.1, 0.15) is 22.8 Å². The number of aromatic nitrogens is 2. The van der Waals surface area contributed by atoms with E-state index in [0.29, 0.717) is 12.1 Å². The van der Waals surface area contributed by atoms with Gasteiger partial charge in [0.15, 0.2) is 0 Å². The van der Waals surface area contributed by atoms with Crippen molar-refractivity contribution in [1.29, 1.82) is 0 Å². The molecular formula is C14H16BrN3O. The maximum atomic E-state index is 12.0. The van der Waals surface area contributed by atoms with Gasteiger partial charge >= 0.3 is 0 Å². The average molecular weight is 322 g/mol. The van der Waals surface area contributed by atoms with Crippen LogP contribution >= 0.6 is 15.9 Å². The van der Waals surface area contributed by atoms with Crippen molar-refractivity contribution < 1.29 is 4.79 Å². The first kappa shape index (κ1) is 13.8. The van der Waals surface area contributed by atoms with Crippen LogP contribution in [0, 0.1) is 0 Å². The first-order valence-electron chi connectivity index (χ1n) is 6.10. The number of nitrogens with zero attached hydrogens (tertiary/aromatic N) is 2. The first-order valence-corrected chi connectivity index (χ1v) is 7.22. The van der Waals surface area contributed by atoms with Gasteiger partial charge in [0, 0.05) is 35.9 Å². The van der Waals surface area contributed by atoms with Crippen molar-refractivity contribution in [2.45, 2.75) is 24.8 Å². The molecule has 0 bridgehead atoms. The Labute approximate surface area is 121 Å². The molecule has 0 saturated carbocycles. The summed E-state index contributed by atoms with van der Waals surface area (Å²) >= 11 is 3.38. The molecule has 0 aliphatic rings. The van der Waals surface area contributed by atoms with Gasteiger partial charge in [0.1, 0.15) is 0 Å². The molecule has 5 heteroatoms. The van der Waals surface area contributed by atoms with E-state index in [2.05, 4.69) is 26.2 Å². The Hall–Kier alpha value is -1.62. The third kappa shape index (κ3) is 3.92. The molecule has 0 aliphatic heterocycles. The molecule has 4 nitrogen and oxygen atoms in total. The summed E-state index contributed by atoms with van der Waals surface area (Å²) in [7, 11) is 0. The van der Waals surface area contributed by atoms with Gasteiger partial charge in [-0.05, 0) is 24.6 Å². The molecule has 100 valence electrons. The molecule has 0 fully saturated rings. The van der Waals surface area contributed by atoms with Crippen molar-refractivity contribution in [3.05, 3.63) is 54.1 Å². The van der Waals surface area contributed by atoms with Gasteiger partial charge in [-0.2, -0.15) is 0 Å². The highest BCUT2D eigenvalue weighted by molar-refractivity contribution is 9.08. The number of carbonyl (C=O) groups excluding carboxylic acids is 1. The lowest BCUT2D eigenvalue weighted by Gasteiger charge is -2.14. The van der Waals surface area contributed by atoms with E-state index < -0.39 is 0 Å². The number of nitrogens with one attached hydrogen (secondary N) is 1. The zero-order chi connectivity index (χ0) is 13.7. The van der Waals surface area contributed by atoms with Crippen LogP contribution in [-0.4, -0.2) is 21.5 Å². The normalized spacial score (nSPS) is 12.1. The molecule has 1 heterocycles. The average Bonchev–Trinajstić information content (AvgIpc) is 2.91. The SMILES string of the molecule is CC(Cn1ccnc1)NC(=O)c1ccc(CBr)cc1. The number of alkyl halides is 1. The fourth-order valence-corrected chi connectivity index (χ4v) is 2.18. The lowest BCUT2D eigenvalue weighted by molar-refractivity contribution is 0.0936. The van der Waals surface area contributed by atoms with Crippen LogP contribution < -0.4 is 5.32 Å². The van der Waals surface area contributed by atoms with Gasteiger partial charge < -0.3 is 9.88 Å². The van der Waals surface area contributed by atoms with E-state index in [9.17, 15) is 4.79 Å². The maximum Gasteiger partial charge on any atom is 0.251 e. The monoisotopic (exact) mass is 321 g/mol. The van der Waals surface area contributed by atoms with E-state index in [0.717, 1.165) is 10.9 Å². The lowest BCUT2D eigenvalue weighted by atomic mass is 10.1. The fraction of sp³-hybridized carbons (Fsp3) is 0.286. The summed E-state index contributed by atoms with van der Waals surface area (Å²) in [4.78, 5) is 16.0. The number of benzene rings is 1. The quantitative estimate of drug-likeness (QED) is 0.860. The number of hydrogen-bond acceptors (Lipinski definition) is 2. The molecule has 2 rings (SSSR count). The predicted molar refractivity (Wildman–Crippen MR) is 78.2 cm³/mol. The van der Waals surface area contributed by atoms with Gasteiger partial charge in [0.05, 0.1) is 6.33 Å². The number of carbonyl (C=O) groups is 1. The summed E-state index contributed by atoms with van der Waals surface area (Å²) in [6, 6.07) is 7.64. The number of amides is 1. The Kier molecular flexibility index (Phi) is 4.74. The van der Waals surface area contributed by atoms with Gasteiger partial charge in [-0.15, -0.1) is 0 Å². The van der Waals surface area contributed by atoms with E-state index in [1.807, 2.05) is 42.0 Å². The second kappa shape index (κ2) is 6.52. The Morgan fingerprint density at radius 2 is 2.16 bits per heavy atom. The first-order chi connectivity index (χ1) is 9.19. The van der Waals surface area contributed by atoms with Gasteiger partial charge in [0.2, 0.25) is 0 Å². The van der Waals surface area contributed by atoms with Crippen molar-refractivity contribution in [1.82, 2.24) is 14.9 Å². The summed E-state index contributed by atoms with van der Waals surface area (Å²) in [5.74, 6) is -0.0475. The fourth-order valence-electron chi connectivity index (χ4n) is 1.81. The van der Waals surface area contributed by atoms with Crippen molar-refractivity contribution in [2.24, 2.45) is 0 Å². The second-order valence-corrected chi connectivity index (χ2v) is 5.03. The van der Waals surface area contributed by atoms with Crippen molar-refractivity contribution in [3.63, 3.8) is 0 Å². The third-order valence-corrected chi connectivity index (χ3v) is 3.44. The largest absolute Gasteiger partial charge is 0.348 e. The topological polar surface area (TPSA) is 46.9 Å². The third-order valence-electron chi connectivity index (χ3n) is 2.79. The van der Waals surface area contributed by atoms with Crippen LogP contribution in [0.4, 0.5) is 0 Å². The van der Waals surface area contributed by atoms with E-state index in [-0.39, 0.29) is 11.9 Å².